The minimum atomic E-state index is 0.867. The highest BCUT2D eigenvalue weighted by atomic mass is 15.1. The summed E-state index contributed by atoms with van der Waals surface area (Å²) >= 11 is 0. The third-order valence-corrected chi connectivity index (χ3v) is 5.29. The fourth-order valence-corrected chi connectivity index (χ4v) is 4.27. The molecule has 0 amide bonds. The second kappa shape index (κ2) is 4.66. The maximum atomic E-state index is 3.83. The molecule has 0 aromatic heterocycles. The Morgan fingerprint density at radius 2 is 2.12 bits per heavy atom. The molecule has 92 valence electrons. The van der Waals surface area contributed by atoms with Crippen molar-refractivity contribution in [1.29, 1.82) is 0 Å². The van der Waals surface area contributed by atoms with Crippen LogP contribution in [-0.4, -0.2) is 37.1 Å². The van der Waals surface area contributed by atoms with Gasteiger partial charge in [-0.15, -0.1) is 0 Å². The first-order valence-electron chi connectivity index (χ1n) is 7.26. The largest absolute Gasteiger partial charge is 0.314 e. The van der Waals surface area contributed by atoms with Crippen molar-refractivity contribution in [2.75, 3.05) is 20.1 Å². The van der Waals surface area contributed by atoms with Crippen molar-refractivity contribution in [2.45, 2.75) is 57.0 Å². The van der Waals surface area contributed by atoms with E-state index in [1.165, 1.54) is 58.0 Å². The topological polar surface area (TPSA) is 15.3 Å². The van der Waals surface area contributed by atoms with Gasteiger partial charge >= 0.3 is 0 Å². The van der Waals surface area contributed by atoms with Crippen LogP contribution in [0.5, 0.6) is 0 Å². The van der Waals surface area contributed by atoms with Crippen LogP contribution in [0.4, 0.5) is 0 Å². The third-order valence-electron chi connectivity index (χ3n) is 5.29. The van der Waals surface area contributed by atoms with Crippen LogP contribution in [0, 0.1) is 11.8 Å². The summed E-state index contributed by atoms with van der Waals surface area (Å²) < 4.78 is 0. The number of nitrogens with zero attached hydrogens (tertiary/aromatic N) is 1. The van der Waals surface area contributed by atoms with Gasteiger partial charge in [-0.1, -0.05) is 6.42 Å². The molecule has 3 rings (SSSR count). The Bertz CT molecular complexity index is 241. The Kier molecular flexibility index (Phi) is 3.21. The number of likely N-dealkylation sites (tertiary alicyclic amines) is 1. The van der Waals surface area contributed by atoms with Crippen molar-refractivity contribution in [3.8, 4) is 0 Å². The Labute approximate surface area is 99.8 Å². The lowest BCUT2D eigenvalue weighted by Gasteiger charge is -2.25. The fraction of sp³-hybridized carbons (Fsp3) is 1.00. The second-order valence-electron chi connectivity index (χ2n) is 6.30. The minimum absolute atomic E-state index is 0.867. The summed E-state index contributed by atoms with van der Waals surface area (Å²) in [5.74, 6) is 2.11. The normalized spacial score (nSPS) is 43.3. The molecule has 2 saturated carbocycles. The molecule has 1 heterocycles. The van der Waals surface area contributed by atoms with E-state index in [9.17, 15) is 0 Å². The molecule has 3 aliphatic rings. The van der Waals surface area contributed by atoms with Gasteiger partial charge in [0.05, 0.1) is 0 Å². The predicted octanol–water partition coefficient (Wildman–Crippen LogP) is 2.25. The van der Waals surface area contributed by atoms with Crippen molar-refractivity contribution in [3.63, 3.8) is 0 Å². The molecule has 0 aromatic carbocycles. The van der Waals surface area contributed by atoms with Gasteiger partial charge in [-0.25, -0.2) is 0 Å². The highest BCUT2D eigenvalue weighted by Crippen LogP contribution is 2.44. The number of nitrogens with one attached hydrogen (secondary N) is 1. The molecule has 2 heteroatoms. The first kappa shape index (κ1) is 11.0. The lowest BCUT2D eigenvalue weighted by atomic mass is 9.95. The van der Waals surface area contributed by atoms with Gasteiger partial charge in [0.15, 0.2) is 0 Å². The molecule has 3 fully saturated rings. The second-order valence-corrected chi connectivity index (χ2v) is 6.30. The third kappa shape index (κ3) is 2.14. The Morgan fingerprint density at radius 3 is 2.75 bits per heavy atom. The van der Waals surface area contributed by atoms with Gasteiger partial charge < -0.3 is 10.2 Å². The van der Waals surface area contributed by atoms with Gasteiger partial charge in [0, 0.05) is 12.1 Å². The van der Waals surface area contributed by atoms with E-state index < -0.39 is 0 Å². The summed E-state index contributed by atoms with van der Waals surface area (Å²) in [6.45, 7) is 2.57. The van der Waals surface area contributed by atoms with E-state index in [1.54, 1.807) is 0 Å². The summed E-state index contributed by atoms with van der Waals surface area (Å²) in [4.78, 5) is 2.54. The van der Waals surface area contributed by atoms with Crippen LogP contribution in [0.15, 0.2) is 0 Å². The van der Waals surface area contributed by atoms with Crippen molar-refractivity contribution in [3.05, 3.63) is 0 Å². The van der Waals surface area contributed by atoms with Gasteiger partial charge in [-0.2, -0.15) is 0 Å². The van der Waals surface area contributed by atoms with Crippen LogP contribution >= 0.6 is 0 Å². The molecule has 1 aliphatic heterocycles. The summed E-state index contributed by atoms with van der Waals surface area (Å²) in [5.41, 5.74) is 0. The molecule has 1 N–H and O–H groups in total. The molecule has 2 bridgehead atoms. The van der Waals surface area contributed by atoms with Gasteiger partial charge in [0.2, 0.25) is 0 Å². The van der Waals surface area contributed by atoms with E-state index in [-0.39, 0.29) is 0 Å². The lowest BCUT2D eigenvalue weighted by molar-refractivity contribution is 0.279. The summed E-state index contributed by atoms with van der Waals surface area (Å²) in [6.07, 6.45) is 10.2. The van der Waals surface area contributed by atoms with Crippen LogP contribution in [0.1, 0.15) is 44.9 Å². The number of hydrogen-bond donors (Lipinski definition) is 1. The van der Waals surface area contributed by atoms with E-state index in [4.69, 9.17) is 0 Å². The zero-order chi connectivity index (χ0) is 11.0. The molecule has 16 heavy (non-hydrogen) atoms. The minimum Gasteiger partial charge on any atom is -0.314 e. The molecule has 1 saturated heterocycles. The number of fused-ring (bicyclic) bond motifs is 2. The average molecular weight is 222 g/mol. The predicted molar refractivity (Wildman–Crippen MR) is 67.5 cm³/mol. The van der Waals surface area contributed by atoms with Gasteiger partial charge in [-0.3, -0.25) is 0 Å². The summed E-state index contributed by atoms with van der Waals surface area (Å²) in [7, 11) is 2.29. The zero-order valence-corrected chi connectivity index (χ0v) is 10.6. The Hall–Kier alpha value is -0.0800. The van der Waals surface area contributed by atoms with E-state index >= 15 is 0 Å². The van der Waals surface area contributed by atoms with Crippen molar-refractivity contribution < 1.29 is 0 Å². The van der Waals surface area contributed by atoms with Crippen molar-refractivity contribution in [2.24, 2.45) is 11.8 Å². The first-order valence-corrected chi connectivity index (χ1v) is 7.26. The van der Waals surface area contributed by atoms with E-state index in [0.29, 0.717) is 0 Å². The average Bonchev–Trinajstić information content (AvgIpc) is 2.96. The van der Waals surface area contributed by atoms with Gasteiger partial charge in [-0.05, 0) is 70.5 Å². The highest BCUT2D eigenvalue weighted by molar-refractivity contribution is 4.94. The molecule has 4 atom stereocenters. The van der Waals surface area contributed by atoms with E-state index in [2.05, 4.69) is 17.3 Å². The van der Waals surface area contributed by atoms with Crippen LogP contribution in [0.2, 0.25) is 0 Å². The number of hydrogen-bond acceptors (Lipinski definition) is 2. The molecule has 0 radical (unpaired) electrons. The molecular formula is C14H26N2. The molecular weight excluding hydrogens is 196 g/mol. The quantitative estimate of drug-likeness (QED) is 0.785. The lowest BCUT2D eigenvalue weighted by Crippen LogP contribution is -2.37. The van der Waals surface area contributed by atoms with Crippen molar-refractivity contribution in [1.82, 2.24) is 10.2 Å². The van der Waals surface area contributed by atoms with E-state index in [1.807, 2.05) is 0 Å². The molecule has 0 aromatic rings. The number of rotatable bonds is 4. The Morgan fingerprint density at radius 1 is 1.19 bits per heavy atom. The Balaban J connectivity index is 1.37. The molecule has 0 unspecified atom stereocenters. The van der Waals surface area contributed by atoms with Crippen LogP contribution in [0.3, 0.4) is 0 Å². The fourth-order valence-electron chi connectivity index (χ4n) is 4.27. The highest BCUT2D eigenvalue weighted by Gasteiger charge is 2.39. The smallest absolute Gasteiger partial charge is 0.0105 e. The maximum Gasteiger partial charge on any atom is 0.0105 e. The van der Waals surface area contributed by atoms with Gasteiger partial charge in [0.1, 0.15) is 0 Å². The SMILES string of the molecule is CN1CCC[C@@H]1CCN[C@H]1C[C@H]2CC[C@H]1C2. The maximum absolute atomic E-state index is 3.83. The van der Waals surface area contributed by atoms with Gasteiger partial charge in [0.25, 0.3) is 0 Å². The molecule has 2 aliphatic carbocycles. The zero-order valence-electron chi connectivity index (χ0n) is 10.6. The molecule has 0 spiro atoms. The summed E-state index contributed by atoms with van der Waals surface area (Å²) in [5, 5.41) is 3.83. The molecule has 2 nitrogen and oxygen atoms in total. The first-order chi connectivity index (χ1) is 7.83. The summed E-state index contributed by atoms with van der Waals surface area (Å²) in [6, 6.07) is 1.75. The van der Waals surface area contributed by atoms with Crippen molar-refractivity contribution >= 4 is 0 Å². The standard InChI is InChI=1S/C14H26N2/c1-16-8-2-3-13(16)6-7-15-14-10-11-4-5-12(14)9-11/h11-15H,2-10H2,1H3/t11-,12-,13+,14-/m0/s1. The van der Waals surface area contributed by atoms with E-state index in [0.717, 1.165) is 23.9 Å². The van der Waals surface area contributed by atoms with Crippen LogP contribution in [-0.2, 0) is 0 Å². The van der Waals surface area contributed by atoms with Crippen LogP contribution in [0.25, 0.3) is 0 Å². The monoisotopic (exact) mass is 222 g/mol. The van der Waals surface area contributed by atoms with Crippen LogP contribution < -0.4 is 5.32 Å².